The number of halogens is 3. The molecule has 0 fully saturated rings. The molecule has 2 aromatic heterocycles. The smallest absolute Gasteiger partial charge is 0.274 e. The number of nitrogens with one attached hydrogen (secondary N) is 1. The summed E-state index contributed by atoms with van der Waals surface area (Å²) < 4.78 is 46.9. The predicted octanol–water partition coefficient (Wildman–Crippen LogP) is 3.57. The van der Waals surface area contributed by atoms with Crippen molar-refractivity contribution in [1.29, 1.82) is 0 Å². The summed E-state index contributed by atoms with van der Waals surface area (Å²) >= 11 is 0. The molecule has 0 atom stereocenters. The molecule has 2 heterocycles. The van der Waals surface area contributed by atoms with Gasteiger partial charge in [0.25, 0.3) is 5.91 Å². The molecule has 0 aliphatic carbocycles. The Morgan fingerprint density at radius 1 is 1.24 bits per heavy atom. The molecule has 3 rings (SSSR count). The van der Waals surface area contributed by atoms with E-state index in [9.17, 15) is 18.0 Å². The Morgan fingerprint density at radius 3 is 2.68 bits per heavy atom. The standard InChI is InChI=1S/C17H14F3N3O2/c1-3-10-15(23-8-4-5-12(25-2)16(23)21-10)17(24)22-11-7-6-9(18)13(19)14(11)20/h4-8H,3H2,1-2H3,(H,22,24). The van der Waals surface area contributed by atoms with Gasteiger partial charge in [0.05, 0.1) is 18.5 Å². The van der Waals surface area contributed by atoms with Gasteiger partial charge in [0, 0.05) is 6.20 Å². The molecule has 0 spiro atoms. The summed E-state index contributed by atoms with van der Waals surface area (Å²) in [6.45, 7) is 1.81. The van der Waals surface area contributed by atoms with Crippen LogP contribution in [0.1, 0.15) is 23.1 Å². The highest BCUT2D eigenvalue weighted by molar-refractivity contribution is 6.04. The zero-order valence-corrected chi connectivity index (χ0v) is 13.4. The average molecular weight is 349 g/mol. The molecule has 130 valence electrons. The second-order valence-corrected chi connectivity index (χ2v) is 5.21. The number of rotatable bonds is 4. The van der Waals surface area contributed by atoms with Crippen LogP contribution in [0, 0.1) is 17.5 Å². The first-order valence-electron chi connectivity index (χ1n) is 7.46. The molecule has 0 bridgehead atoms. The van der Waals surface area contributed by atoms with Crippen molar-refractivity contribution in [3.8, 4) is 5.75 Å². The summed E-state index contributed by atoms with van der Waals surface area (Å²) in [6, 6.07) is 5.06. The van der Waals surface area contributed by atoms with Gasteiger partial charge in [-0.05, 0) is 30.7 Å². The lowest BCUT2D eigenvalue weighted by Crippen LogP contribution is -2.17. The average Bonchev–Trinajstić information content (AvgIpc) is 3.00. The number of hydrogen-bond acceptors (Lipinski definition) is 3. The van der Waals surface area contributed by atoms with Crippen molar-refractivity contribution in [3.05, 3.63) is 59.3 Å². The zero-order valence-electron chi connectivity index (χ0n) is 13.4. The quantitative estimate of drug-likeness (QED) is 0.733. The van der Waals surface area contributed by atoms with Gasteiger partial charge in [-0.3, -0.25) is 9.20 Å². The number of hydrogen-bond donors (Lipinski definition) is 1. The van der Waals surface area contributed by atoms with E-state index in [0.717, 1.165) is 12.1 Å². The van der Waals surface area contributed by atoms with E-state index in [4.69, 9.17) is 4.74 Å². The van der Waals surface area contributed by atoms with Gasteiger partial charge in [-0.2, -0.15) is 0 Å². The van der Waals surface area contributed by atoms with Gasteiger partial charge >= 0.3 is 0 Å². The predicted molar refractivity (Wildman–Crippen MR) is 85.4 cm³/mol. The van der Waals surface area contributed by atoms with Crippen molar-refractivity contribution in [2.24, 2.45) is 0 Å². The number of fused-ring (bicyclic) bond motifs is 1. The van der Waals surface area contributed by atoms with Gasteiger partial charge in [-0.15, -0.1) is 0 Å². The van der Waals surface area contributed by atoms with E-state index < -0.39 is 29.0 Å². The lowest BCUT2D eigenvalue weighted by Gasteiger charge is -2.09. The lowest BCUT2D eigenvalue weighted by molar-refractivity contribution is 0.102. The molecule has 3 aromatic rings. The highest BCUT2D eigenvalue weighted by Crippen LogP contribution is 2.24. The number of nitrogens with zero attached hydrogens (tertiary/aromatic N) is 2. The molecule has 1 N–H and O–H groups in total. The van der Waals surface area contributed by atoms with E-state index in [-0.39, 0.29) is 5.69 Å². The zero-order chi connectivity index (χ0) is 18.1. The van der Waals surface area contributed by atoms with Gasteiger partial charge in [-0.25, -0.2) is 18.2 Å². The maximum Gasteiger partial charge on any atom is 0.274 e. The van der Waals surface area contributed by atoms with Crippen molar-refractivity contribution in [3.63, 3.8) is 0 Å². The molecule has 0 aliphatic rings. The van der Waals surface area contributed by atoms with Gasteiger partial charge in [0.2, 0.25) is 0 Å². The third-order valence-electron chi connectivity index (χ3n) is 3.74. The number of ether oxygens (including phenoxy) is 1. The molecule has 5 nitrogen and oxygen atoms in total. The van der Waals surface area contributed by atoms with Gasteiger partial charge in [0.15, 0.2) is 28.8 Å². The van der Waals surface area contributed by atoms with Crippen molar-refractivity contribution in [2.45, 2.75) is 13.3 Å². The van der Waals surface area contributed by atoms with Crippen LogP contribution in [0.5, 0.6) is 5.75 Å². The number of aryl methyl sites for hydroxylation is 1. The second-order valence-electron chi connectivity index (χ2n) is 5.21. The van der Waals surface area contributed by atoms with Crippen LogP contribution < -0.4 is 10.1 Å². The van der Waals surface area contributed by atoms with E-state index in [0.29, 0.717) is 23.5 Å². The molecule has 0 saturated heterocycles. The van der Waals surface area contributed by atoms with Gasteiger partial charge < -0.3 is 10.1 Å². The summed E-state index contributed by atoms with van der Waals surface area (Å²) in [4.78, 5) is 17.0. The number of imidazole rings is 1. The van der Waals surface area contributed by atoms with Crippen LogP contribution in [0.15, 0.2) is 30.5 Å². The Morgan fingerprint density at radius 2 is 2.00 bits per heavy atom. The number of amides is 1. The lowest BCUT2D eigenvalue weighted by atomic mass is 10.2. The van der Waals surface area contributed by atoms with Crippen LogP contribution in [0.3, 0.4) is 0 Å². The van der Waals surface area contributed by atoms with E-state index in [2.05, 4.69) is 10.3 Å². The number of carbonyl (C=O) groups excluding carboxylic acids is 1. The third kappa shape index (κ3) is 2.79. The molecular weight excluding hydrogens is 335 g/mol. The Bertz CT molecular complexity index is 969. The van der Waals surface area contributed by atoms with Crippen LogP contribution in [-0.4, -0.2) is 22.4 Å². The maximum atomic E-state index is 13.8. The molecule has 0 radical (unpaired) electrons. The van der Waals surface area contributed by atoms with Crippen LogP contribution in [0.4, 0.5) is 18.9 Å². The molecule has 1 aromatic carbocycles. The largest absolute Gasteiger partial charge is 0.493 e. The minimum atomic E-state index is -1.65. The maximum absolute atomic E-state index is 13.8. The Balaban J connectivity index is 2.07. The van der Waals surface area contributed by atoms with E-state index in [1.54, 1.807) is 18.3 Å². The number of benzene rings is 1. The topological polar surface area (TPSA) is 55.6 Å². The van der Waals surface area contributed by atoms with E-state index in [1.807, 2.05) is 6.92 Å². The molecular formula is C17H14F3N3O2. The molecule has 8 heteroatoms. The van der Waals surface area contributed by atoms with Crippen molar-refractivity contribution in [2.75, 3.05) is 12.4 Å². The molecule has 0 unspecified atom stereocenters. The fourth-order valence-electron chi connectivity index (χ4n) is 2.54. The fourth-order valence-corrected chi connectivity index (χ4v) is 2.54. The SMILES string of the molecule is CCc1nc2c(OC)cccn2c1C(=O)Nc1ccc(F)c(F)c1F. The molecule has 1 amide bonds. The Kier molecular flexibility index (Phi) is 4.35. The number of carbonyl (C=O) groups is 1. The van der Waals surface area contributed by atoms with Crippen LogP contribution >= 0.6 is 0 Å². The van der Waals surface area contributed by atoms with Crippen molar-refractivity contribution >= 4 is 17.2 Å². The molecule has 0 aliphatic heterocycles. The second kappa shape index (κ2) is 6.46. The van der Waals surface area contributed by atoms with E-state index >= 15 is 0 Å². The number of pyridine rings is 1. The summed E-state index contributed by atoms with van der Waals surface area (Å²) in [5, 5.41) is 2.26. The number of aromatic nitrogens is 2. The minimum absolute atomic E-state index is 0.167. The fraction of sp³-hybridized carbons (Fsp3) is 0.176. The normalized spacial score (nSPS) is 10.9. The highest BCUT2D eigenvalue weighted by Gasteiger charge is 2.22. The van der Waals surface area contributed by atoms with Gasteiger partial charge in [0.1, 0.15) is 5.69 Å². The summed E-state index contributed by atoms with van der Waals surface area (Å²) in [6.07, 6.45) is 2.05. The van der Waals surface area contributed by atoms with Crippen LogP contribution in [-0.2, 0) is 6.42 Å². The molecule has 25 heavy (non-hydrogen) atoms. The number of methoxy groups -OCH3 is 1. The summed E-state index contributed by atoms with van der Waals surface area (Å²) in [5.41, 5.74) is 0.604. The summed E-state index contributed by atoms with van der Waals surface area (Å²) in [7, 11) is 1.48. The first-order chi connectivity index (χ1) is 12.0. The first-order valence-corrected chi connectivity index (χ1v) is 7.46. The monoisotopic (exact) mass is 349 g/mol. The van der Waals surface area contributed by atoms with Crippen LogP contribution in [0.25, 0.3) is 5.65 Å². The minimum Gasteiger partial charge on any atom is -0.493 e. The van der Waals surface area contributed by atoms with Gasteiger partial charge in [-0.1, -0.05) is 6.92 Å². The Labute approximate surface area is 141 Å². The van der Waals surface area contributed by atoms with Crippen LogP contribution in [0.2, 0.25) is 0 Å². The number of anilines is 1. The van der Waals surface area contributed by atoms with Crippen molar-refractivity contribution in [1.82, 2.24) is 9.38 Å². The third-order valence-corrected chi connectivity index (χ3v) is 3.74. The highest BCUT2D eigenvalue weighted by atomic mass is 19.2. The first kappa shape index (κ1) is 16.8. The summed E-state index contributed by atoms with van der Waals surface area (Å²) in [5.74, 6) is -4.66. The van der Waals surface area contributed by atoms with Crippen molar-refractivity contribution < 1.29 is 22.7 Å². The van der Waals surface area contributed by atoms with E-state index in [1.165, 1.54) is 11.5 Å². The molecule has 0 saturated carbocycles. The Hall–Kier alpha value is -3.03.